The van der Waals surface area contributed by atoms with Gasteiger partial charge in [0.1, 0.15) is 0 Å². The van der Waals surface area contributed by atoms with Crippen molar-refractivity contribution in [2.24, 2.45) is 5.41 Å². The van der Waals surface area contributed by atoms with Crippen LogP contribution in [0.4, 0.5) is 0 Å². The van der Waals surface area contributed by atoms with Gasteiger partial charge in [0.15, 0.2) is 0 Å². The molecule has 1 fully saturated rings. The van der Waals surface area contributed by atoms with Crippen molar-refractivity contribution in [2.75, 3.05) is 0 Å². The van der Waals surface area contributed by atoms with E-state index in [-0.39, 0.29) is 5.41 Å². The molecule has 0 aromatic heterocycles. The summed E-state index contributed by atoms with van der Waals surface area (Å²) in [5, 5.41) is 0. The Bertz CT molecular complexity index is 1650. The molecule has 218 valence electrons. The summed E-state index contributed by atoms with van der Waals surface area (Å²) in [5.74, 6) is 1.10. The first-order chi connectivity index (χ1) is 20.6. The van der Waals surface area contributed by atoms with E-state index in [2.05, 4.69) is 148 Å². The molecule has 7 rings (SSSR count). The Balaban J connectivity index is 1.38. The number of rotatable bonds is 5. The van der Waals surface area contributed by atoms with E-state index in [1.54, 1.807) is 22.3 Å². The van der Waals surface area contributed by atoms with Crippen molar-refractivity contribution in [3.8, 4) is 22.3 Å². The molecule has 0 spiro atoms. The molecule has 1 saturated heterocycles. The van der Waals surface area contributed by atoms with Gasteiger partial charge in [-0.2, -0.15) is 0 Å². The van der Waals surface area contributed by atoms with Crippen LogP contribution in [0.25, 0.3) is 34.4 Å². The Morgan fingerprint density at radius 2 is 1.00 bits per heavy atom. The van der Waals surface area contributed by atoms with E-state index >= 15 is 0 Å². The number of hydrogen-bond acceptors (Lipinski definition) is 0. The summed E-state index contributed by atoms with van der Waals surface area (Å²) in [7, 11) is 0. The van der Waals surface area contributed by atoms with Crippen molar-refractivity contribution in [1.29, 1.82) is 0 Å². The molecule has 0 bridgehead atoms. The van der Waals surface area contributed by atoms with Gasteiger partial charge in [-0.15, -0.1) is 0 Å². The number of hydrogen-bond donors (Lipinski definition) is 0. The molecule has 0 radical (unpaired) electrons. The van der Waals surface area contributed by atoms with Crippen LogP contribution >= 0.6 is 0 Å². The van der Waals surface area contributed by atoms with Crippen molar-refractivity contribution in [1.82, 2.24) is 0 Å². The molecule has 3 aliphatic rings. The number of fused-ring (bicyclic) bond motifs is 6. The summed E-state index contributed by atoms with van der Waals surface area (Å²) < 4.78 is 6.75. The molecule has 43 heavy (non-hydrogen) atoms. The van der Waals surface area contributed by atoms with Crippen LogP contribution in [0.15, 0.2) is 96.1 Å². The van der Waals surface area contributed by atoms with Crippen LogP contribution in [0.3, 0.4) is 0 Å². The quantitative estimate of drug-likeness (QED) is 0.180. The van der Waals surface area contributed by atoms with Crippen LogP contribution < -0.4 is 0 Å². The Morgan fingerprint density at radius 3 is 1.35 bits per heavy atom. The third-order valence-electron chi connectivity index (χ3n) is 11.4. The first-order valence-corrected chi connectivity index (χ1v) is 27.8. The molecule has 2 unspecified atom stereocenters. The maximum absolute atomic E-state index is 3.05. The molecule has 0 nitrogen and oxygen atoms in total. The normalized spacial score (nSPS) is 23.0. The van der Waals surface area contributed by atoms with E-state index in [1.807, 2.05) is 0 Å². The van der Waals surface area contributed by atoms with Gasteiger partial charge in [0, 0.05) is 0 Å². The number of benzene rings is 4. The zero-order valence-corrected chi connectivity index (χ0v) is 30.8. The third kappa shape index (κ3) is 4.32. The SMILES string of the molecule is CCC1(C)C2=Cc3c(-c4ccc(C(C)C)cc4)cccc3[CH]2[Hf]([CH3])([CH3])[CH]2C1=Cc1c(-c3ccc(C(C)C)cc3)cccc12. The minimum atomic E-state index is -3.05. The summed E-state index contributed by atoms with van der Waals surface area (Å²) in [6.07, 6.45) is 6.45. The van der Waals surface area contributed by atoms with Crippen molar-refractivity contribution in [3.63, 3.8) is 0 Å². The van der Waals surface area contributed by atoms with Crippen LogP contribution in [0, 0.1) is 5.41 Å². The van der Waals surface area contributed by atoms with E-state index in [4.69, 9.17) is 0 Å². The van der Waals surface area contributed by atoms with Gasteiger partial charge in [0.2, 0.25) is 0 Å². The Morgan fingerprint density at radius 1 is 0.605 bits per heavy atom. The molecule has 1 heteroatoms. The van der Waals surface area contributed by atoms with Gasteiger partial charge >= 0.3 is 266 Å². The molecule has 1 heterocycles. The van der Waals surface area contributed by atoms with E-state index < -0.39 is 20.0 Å². The van der Waals surface area contributed by atoms with Crippen LogP contribution in [-0.2, 0) is 20.0 Å². The van der Waals surface area contributed by atoms with Crippen LogP contribution in [0.1, 0.15) is 101 Å². The van der Waals surface area contributed by atoms with Gasteiger partial charge in [-0.05, 0) is 0 Å². The van der Waals surface area contributed by atoms with E-state index in [0.717, 1.165) is 6.42 Å². The molecule has 4 aromatic rings. The van der Waals surface area contributed by atoms with Gasteiger partial charge in [-0.1, -0.05) is 0 Å². The average molecular weight is 729 g/mol. The second-order valence-corrected chi connectivity index (χ2v) is 32.0. The fraction of sp³-hybridized carbons (Fsp3) is 0.333. The van der Waals surface area contributed by atoms with Crippen LogP contribution in [0.2, 0.25) is 9.36 Å². The predicted octanol–water partition coefficient (Wildman–Crippen LogP) is 12.5. The monoisotopic (exact) mass is 730 g/mol. The van der Waals surface area contributed by atoms with Crippen molar-refractivity contribution < 1.29 is 20.0 Å². The molecule has 0 saturated carbocycles. The standard InChI is InChI=1S/C40H40.2CH3.Hf/c1-7-40(6,34-22-32-10-8-12-36(38(32)24-34)30-18-14-28(15-19-30)26(2)3)35-23-33-11-9-13-37(39(33)25-35)31-20-16-29(17-21-31)27(4)5;;;/h8-27H,7H2,1-6H3;2*1H3;. The second kappa shape index (κ2) is 10.4. The van der Waals surface area contributed by atoms with E-state index in [9.17, 15) is 0 Å². The fourth-order valence-electron chi connectivity index (χ4n) is 8.70. The van der Waals surface area contributed by atoms with Crippen molar-refractivity contribution in [2.45, 2.75) is 76.5 Å². The zero-order chi connectivity index (χ0) is 30.3. The average Bonchev–Trinajstić information content (AvgIpc) is 3.62. The first kappa shape index (κ1) is 29.0. The molecule has 0 amide bonds. The third-order valence-corrected chi connectivity index (χ3v) is 26.5. The topological polar surface area (TPSA) is 0 Å². The maximum atomic E-state index is 2.76. The molecule has 1 aliphatic heterocycles. The van der Waals surface area contributed by atoms with Gasteiger partial charge < -0.3 is 0 Å². The Labute approximate surface area is 264 Å². The summed E-state index contributed by atoms with van der Waals surface area (Å²) in [6.45, 7) is 14.1. The van der Waals surface area contributed by atoms with Gasteiger partial charge in [-0.3, -0.25) is 0 Å². The zero-order valence-electron chi connectivity index (χ0n) is 27.3. The Hall–Kier alpha value is -2.77. The van der Waals surface area contributed by atoms with Gasteiger partial charge in [-0.25, -0.2) is 0 Å². The molecule has 2 aliphatic carbocycles. The first-order valence-electron chi connectivity index (χ1n) is 16.5. The Kier molecular flexibility index (Phi) is 7.01. The van der Waals surface area contributed by atoms with Crippen molar-refractivity contribution in [3.05, 3.63) is 129 Å². The summed E-state index contributed by atoms with van der Waals surface area (Å²) in [5.41, 5.74) is 18.0. The molecular formula is C42H46Hf. The second-order valence-electron chi connectivity index (χ2n) is 14.7. The molecule has 4 aromatic carbocycles. The summed E-state index contributed by atoms with van der Waals surface area (Å²) in [4.78, 5) is 0. The minimum absolute atomic E-state index is 0.0699. The van der Waals surface area contributed by atoms with Crippen LogP contribution in [-0.4, -0.2) is 0 Å². The summed E-state index contributed by atoms with van der Waals surface area (Å²) >= 11 is -3.05. The molecule has 2 atom stereocenters. The molecule has 0 N–H and O–H groups in total. The predicted molar refractivity (Wildman–Crippen MR) is 183 cm³/mol. The molecular weight excluding hydrogens is 683 g/mol. The van der Waals surface area contributed by atoms with Crippen LogP contribution in [0.5, 0.6) is 0 Å². The summed E-state index contributed by atoms with van der Waals surface area (Å²) in [6, 6.07) is 33.1. The van der Waals surface area contributed by atoms with E-state index in [1.165, 1.54) is 44.5 Å². The van der Waals surface area contributed by atoms with Gasteiger partial charge in [0.25, 0.3) is 0 Å². The number of allylic oxidation sites excluding steroid dienone is 2. The van der Waals surface area contributed by atoms with Gasteiger partial charge in [0.05, 0.1) is 0 Å². The van der Waals surface area contributed by atoms with E-state index in [0.29, 0.717) is 19.2 Å². The fourth-order valence-corrected chi connectivity index (χ4v) is 26.1. The van der Waals surface area contributed by atoms with Crippen molar-refractivity contribution >= 4 is 12.2 Å².